The number of aromatic amines is 1. The van der Waals surface area contributed by atoms with Crippen molar-refractivity contribution in [1.82, 2.24) is 19.5 Å². The number of thiazole rings is 1. The van der Waals surface area contributed by atoms with Crippen LogP contribution in [0.3, 0.4) is 0 Å². The van der Waals surface area contributed by atoms with Crippen LogP contribution >= 0.6 is 22.9 Å². The highest BCUT2D eigenvalue weighted by Gasteiger charge is 2.14. The van der Waals surface area contributed by atoms with Crippen LogP contribution in [0.4, 0.5) is 0 Å². The summed E-state index contributed by atoms with van der Waals surface area (Å²) in [4.78, 5) is 23.0. The second kappa shape index (κ2) is 4.22. The van der Waals surface area contributed by atoms with E-state index in [4.69, 9.17) is 11.6 Å². The fourth-order valence-electron chi connectivity index (χ4n) is 1.85. The van der Waals surface area contributed by atoms with Crippen LogP contribution in [0.1, 0.15) is 10.6 Å². The van der Waals surface area contributed by atoms with Gasteiger partial charge in [-0.05, 0) is 19.1 Å². The van der Waals surface area contributed by atoms with Crippen molar-refractivity contribution in [3.8, 4) is 11.5 Å². The Balaban J connectivity index is 2.11. The lowest BCUT2D eigenvalue weighted by Gasteiger charge is -2.13. The van der Waals surface area contributed by atoms with Crippen LogP contribution in [0.5, 0.6) is 0 Å². The molecule has 0 saturated carbocycles. The van der Waals surface area contributed by atoms with Crippen LogP contribution < -0.4 is 5.69 Å². The van der Waals surface area contributed by atoms with Crippen LogP contribution in [-0.4, -0.2) is 19.5 Å². The first-order valence-corrected chi connectivity index (χ1v) is 6.49. The summed E-state index contributed by atoms with van der Waals surface area (Å²) in [6.07, 6.45) is 1.74. The summed E-state index contributed by atoms with van der Waals surface area (Å²) in [5.74, 6) is 0.657. The third-order valence-corrected chi connectivity index (χ3v) is 3.80. The minimum atomic E-state index is -0.327. The maximum Gasteiger partial charge on any atom is 0.347 e. The average molecular weight is 281 g/mol. The number of nitrogens with one attached hydrogen (secondary N) is 1. The van der Waals surface area contributed by atoms with Crippen molar-refractivity contribution in [2.24, 2.45) is 0 Å². The molecule has 2 aliphatic rings. The maximum absolute atomic E-state index is 11.3. The first-order valence-electron chi connectivity index (χ1n) is 5.30. The quantitative estimate of drug-likeness (QED) is 0.782. The third-order valence-electron chi connectivity index (χ3n) is 2.70. The van der Waals surface area contributed by atoms with Gasteiger partial charge >= 0.3 is 5.69 Å². The predicted octanol–water partition coefficient (Wildman–Crippen LogP) is 2.14. The Bertz CT molecular complexity index is 729. The summed E-state index contributed by atoms with van der Waals surface area (Å²) in [7, 11) is 0. The third kappa shape index (κ3) is 1.93. The van der Waals surface area contributed by atoms with Crippen molar-refractivity contribution in [3.05, 3.63) is 43.9 Å². The second-order valence-electron chi connectivity index (χ2n) is 3.92. The Morgan fingerprint density at radius 2 is 2.33 bits per heavy atom. The number of hydrogen-bond donors (Lipinski definition) is 1. The van der Waals surface area contributed by atoms with Crippen LogP contribution in [-0.2, 0) is 6.54 Å². The van der Waals surface area contributed by atoms with Crippen LogP contribution in [0.2, 0.25) is 4.47 Å². The van der Waals surface area contributed by atoms with E-state index in [1.54, 1.807) is 6.20 Å². The lowest BCUT2D eigenvalue weighted by Crippen LogP contribution is -2.08. The molecule has 3 heterocycles. The van der Waals surface area contributed by atoms with Gasteiger partial charge in [0.15, 0.2) is 10.3 Å². The molecule has 0 saturated heterocycles. The first-order chi connectivity index (χ1) is 8.63. The van der Waals surface area contributed by atoms with Crippen molar-refractivity contribution in [2.75, 3.05) is 0 Å². The summed E-state index contributed by atoms with van der Waals surface area (Å²) >= 11 is 7.24. The molecule has 0 unspecified atom stereocenters. The summed E-state index contributed by atoms with van der Waals surface area (Å²) in [5.41, 5.74) is 1.44. The molecule has 3 rings (SSSR count). The largest absolute Gasteiger partial charge is 0.347 e. The van der Waals surface area contributed by atoms with Gasteiger partial charge in [0.2, 0.25) is 0 Å². The number of H-pyrrole nitrogens is 1. The van der Waals surface area contributed by atoms with Gasteiger partial charge in [-0.2, -0.15) is 4.98 Å². The lowest BCUT2D eigenvalue weighted by atomic mass is 10.2. The summed E-state index contributed by atoms with van der Waals surface area (Å²) in [5, 5.41) is 0. The van der Waals surface area contributed by atoms with Gasteiger partial charge in [0, 0.05) is 16.8 Å². The number of imidazole rings is 1. The fraction of sp³-hybridized carbons (Fsp3) is 0.182. The highest BCUT2D eigenvalue weighted by Crippen LogP contribution is 2.23. The van der Waals surface area contributed by atoms with Crippen LogP contribution in [0.15, 0.2) is 23.1 Å². The molecule has 0 atom stereocenters. The molecule has 0 bridgehead atoms. The minimum absolute atomic E-state index is 0.327. The highest BCUT2D eigenvalue weighted by molar-refractivity contribution is 7.15. The van der Waals surface area contributed by atoms with Crippen molar-refractivity contribution >= 4 is 22.9 Å². The number of halogens is 1. The van der Waals surface area contributed by atoms with Crippen molar-refractivity contribution in [3.63, 3.8) is 0 Å². The highest BCUT2D eigenvalue weighted by atomic mass is 35.5. The molecule has 0 fully saturated rings. The number of fused-ring (bicyclic) bond motifs is 1. The van der Waals surface area contributed by atoms with E-state index in [1.165, 1.54) is 11.3 Å². The van der Waals surface area contributed by atoms with Gasteiger partial charge in [0.25, 0.3) is 0 Å². The summed E-state index contributed by atoms with van der Waals surface area (Å²) in [6, 6.07) is 3.80. The van der Waals surface area contributed by atoms with Gasteiger partial charge < -0.3 is 9.55 Å². The molecule has 7 heteroatoms. The predicted molar refractivity (Wildman–Crippen MR) is 70.4 cm³/mol. The Morgan fingerprint density at radius 1 is 1.50 bits per heavy atom. The molecule has 1 aromatic heterocycles. The van der Waals surface area contributed by atoms with E-state index in [-0.39, 0.29) is 5.69 Å². The van der Waals surface area contributed by atoms with Gasteiger partial charge in [-0.1, -0.05) is 11.6 Å². The molecule has 2 aliphatic heterocycles. The number of hydrogen-bond acceptors (Lipinski definition) is 4. The zero-order chi connectivity index (χ0) is 12.7. The monoisotopic (exact) mass is 280 g/mol. The van der Waals surface area contributed by atoms with E-state index in [9.17, 15) is 4.79 Å². The van der Waals surface area contributed by atoms with E-state index >= 15 is 0 Å². The Hall–Kier alpha value is -1.66. The fourth-order valence-corrected chi connectivity index (χ4v) is 2.82. The topological polar surface area (TPSA) is 63.6 Å². The molecule has 0 amide bonds. The smallest absolute Gasteiger partial charge is 0.323 e. The molecule has 92 valence electrons. The Labute approximate surface area is 111 Å². The maximum atomic E-state index is 11.3. The molecule has 0 aliphatic carbocycles. The Morgan fingerprint density at radius 3 is 3.06 bits per heavy atom. The number of aromatic nitrogens is 4. The van der Waals surface area contributed by atoms with Gasteiger partial charge in [0.05, 0.1) is 12.2 Å². The molecule has 5 nitrogen and oxygen atoms in total. The molecule has 0 radical (unpaired) electrons. The Kier molecular flexibility index (Phi) is 2.68. The van der Waals surface area contributed by atoms with E-state index in [0.717, 1.165) is 16.3 Å². The number of rotatable bonds is 2. The van der Waals surface area contributed by atoms with Crippen LogP contribution in [0.25, 0.3) is 11.5 Å². The molecule has 0 aromatic carbocycles. The molecule has 0 spiro atoms. The minimum Gasteiger partial charge on any atom is -0.323 e. The van der Waals surface area contributed by atoms with Crippen molar-refractivity contribution in [2.45, 2.75) is 13.5 Å². The van der Waals surface area contributed by atoms with E-state index in [0.29, 0.717) is 16.8 Å². The van der Waals surface area contributed by atoms with E-state index < -0.39 is 0 Å². The standard InChI is InChI=1S/C11H9ClN4OS/c1-6-2-3-8-9(15-11(17)14-8)16(6)5-7-4-13-10(12)18-7/h2-4H,5H2,1H3,(H,14,17). The van der Waals surface area contributed by atoms with Crippen molar-refractivity contribution in [1.29, 1.82) is 0 Å². The summed E-state index contributed by atoms with van der Waals surface area (Å²) in [6.45, 7) is 2.58. The zero-order valence-electron chi connectivity index (χ0n) is 9.48. The first kappa shape index (κ1) is 11.4. The molecule has 18 heavy (non-hydrogen) atoms. The van der Waals surface area contributed by atoms with Crippen molar-refractivity contribution < 1.29 is 0 Å². The zero-order valence-corrected chi connectivity index (χ0v) is 11.0. The second-order valence-corrected chi connectivity index (χ2v) is 5.62. The molecule has 1 aromatic rings. The number of pyridine rings is 1. The average Bonchev–Trinajstić information content (AvgIpc) is 2.88. The van der Waals surface area contributed by atoms with Gasteiger partial charge in [-0.25, -0.2) is 9.78 Å². The normalized spacial score (nSPS) is 11.2. The summed E-state index contributed by atoms with van der Waals surface area (Å²) < 4.78 is 2.49. The van der Waals surface area contributed by atoms with Crippen LogP contribution in [0, 0.1) is 6.92 Å². The van der Waals surface area contributed by atoms with E-state index in [1.807, 2.05) is 23.6 Å². The molecular formula is C11H9ClN4OS. The molecular weight excluding hydrogens is 272 g/mol. The van der Waals surface area contributed by atoms with E-state index in [2.05, 4.69) is 15.0 Å². The molecule has 1 N–H and O–H groups in total. The van der Waals surface area contributed by atoms with Gasteiger partial charge in [-0.15, -0.1) is 11.3 Å². The lowest BCUT2D eigenvalue weighted by molar-refractivity contribution is 0.762. The SMILES string of the molecule is Cc1ccc2[nH]c(=O)nc-2n1Cc1cnc(Cl)s1. The van der Waals surface area contributed by atoms with Gasteiger partial charge in [0.1, 0.15) is 0 Å². The van der Waals surface area contributed by atoms with Gasteiger partial charge in [-0.3, -0.25) is 0 Å². The number of nitrogens with zero attached hydrogens (tertiary/aromatic N) is 3. The number of aryl methyl sites for hydroxylation is 1.